The fourth-order valence-corrected chi connectivity index (χ4v) is 7.03. The maximum Gasteiger partial charge on any atom is 0.310 e. The summed E-state index contributed by atoms with van der Waals surface area (Å²) >= 11 is 6.06. The molecule has 2 unspecified atom stereocenters. The zero-order valence-corrected chi connectivity index (χ0v) is 35.5. The number of fused-ring (bicyclic) bond motifs is 2. The number of ether oxygens (including phenoxy) is 6. The average molecular weight is 861 g/mol. The monoisotopic (exact) mass is 860 g/mol. The zero-order chi connectivity index (χ0) is 43.3. The van der Waals surface area contributed by atoms with Gasteiger partial charge in [0, 0.05) is 25.8 Å². The van der Waals surface area contributed by atoms with E-state index < -0.39 is 0 Å². The third-order valence-corrected chi connectivity index (χ3v) is 10.1. The van der Waals surface area contributed by atoms with Crippen LogP contribution in [0.15, 0.2) is 61.4 Å². The number of nitrogens with zero attached hydrogens (tertiary/aromatic N) is 9. The molecule has 0 saturated carbocycles. The molecule has 324 valence electrons. The number of hydrogen-bond donors (Lipinski definition) is 3. The number of carbonyl (C=O) groups is 2. The van der Waals surface area contributed by atoms with Gasteiger partial charge in [0.2, 0.25) is 0 Å². The van der Waals surface area contributed by atoms with E-state index >= 15 is 0 Å². The van der Waals surface area contributed by atoms with Crippen LogP contribution in [0.1, 0.15) is 25.7 Å². The van der Waals surface area contributed by atoms with Gasteiger partial charge in [-0.25, -0.2) is 19.0 Å². The normalized spacial score (nSPS) is 16.0. The molecule has 21 heteroatoms. The Hall–Kier alpha value is -6.67. The van der Waals surface area contributed by atoms with Crippen LogP contribution in [0, 0.1) is 11.8 Å². The van der Waals surface area contributed by atoms with Crippen LogP contribution in [-0.2, 0) is 19.1 Å². The van der Waals surface area contributed by atoms with Crippen LogP contribution < -0.4 is 39.8 Å². The van der Waals surface area contributed by atoms with Crippen molar-refractivity contribution >= 4 is 63.5 Å². The van der Waals surface area contributed by atoms with E-state index in [4.69, 9.17) is 35.3 Å². The Morgan fingerprint density at radius 3 is 1.82 bits per heavy atom. The van der Waals surface area contributed by atoms with Gasteiger partial charge in [-0.05, 0) is 68.6 Å². The van der Waals surface area contributed by atoms with Crippen molar-refractivity contribution in [1.82, 2.24) is 44.5 Å². The molecule has 0 radical (unpaired) electrons. The molecule has 0 bridgehead atoms. The Kier molecular flexibility index (Phi) is 15.1. The van der Waals surface area contributed by atoms with E-state index in [2.05, 4.69) is 55.7 Å². The van der Waals surface area contributed by atoms with E-state index in [-0.39, 0.29) is 23.8 Å². The number of nitrogens with one attached hydrogen (secondary N) is 3. The van der Waals surface area contributed by atoms with Crippen molar-refractivity contribution in [2.45, 2.75) is 25.7 Å². The molecule has 0 spiro atoms. The molecule has 2 saturated heterocycles. The molecule has 0 aliphatic carbocycles. The maximum atomic E-state index is 12.0. The summed E-state index contributed by atoms with van der Waals surface area (Å²) in [6, 6.07) is 10.9. The van der Waals surface area contributed by atoms with Crippen LogP contribution >= 0.6 is 11.6 Å². The molecule has 20 nitrogen and oxygen atoms in total. The van der Waals surface area contributed by atoms with Gasteiger partial charge in [0.25, 0.3) is 11.8 Å². The zero-order valence-electron chi connectivity index (χ0n) is 34.8. The number of piperidine rings is 2. The van der Waals surface area contributed by atoms with Crippen molar-refractivity contribution < 1.29 is 38.0 Å². The SMILES string of the molecule is COC(=O)C1CCCN(c2cc(Nc3ccc(OC)c(OC)n3)c3ncnn3c2)C1.COC(=O)C1CCCNC1.COc1ccc(Nc2cc(Cl)cn3ncnc23)nc1OC. The number of anilines is 5. The van der Waals surface area contributed by atoms with E-state index in [1.54, 1.807) is 66.9 Å². The molecule has 2 atom stereocenters. The standard InChI is InChI=1S/C20H24N6O4.C13H12ClN5O2.C7H13NO2/c1-28-16-6-7-17(24-19(16)29-2)23-15-9-14(11-26-18(15)21-12-22-26)25-8-4-5-13(10-25)20(27)30-3;1-20-10-3-4-11(18-13(10)21-2)17-9-5-8(14)6-19-12(9)15-7-16-19;1-10-7(9)6-3-2-4-8-5-6/h6-7,9,11-13H,4-5,8,10H2,1-3H3,(H,23,24);3-7H,1-2H3,(H,17,18);6,8H,2-5H2,1H3. The predicted molar refractivity (Wildman–Crippen MR) is 227 cm³/mol. The van der Waals surface area contributed by atoms with Crippen molar-refractivity contribution in [3.63, 3.8) is 0 Å². The molecule has 8 heterocycles. The smallest absolute Gasteiger partial charge is 0.310 e. The number of pyridine rings is 4. The van der Waals surface area contributed by atoms with Crippen LogP contribution in [0.3, 0.4) is 0 Å². The molecule has 2 fully saturated rings. The Bertz CT molecular complexity index is 2410. The maximum absolute atomic E-state index is 12.0. The predicted octanol–water partition coefficient (Wildman–Crippen LogP) is 4.97. The van der Waals surface area contributed by atoms with Gasteiger partial charge in [-0.3, -0.25) is 9.59 Å². The first-order valence-corrected chi connectivity index (χ1v) is 19.7. The number of aromatic nitrogens is 8. The quantitative estimate of drug-likeness (QED) is 0.147. The average Bonchev–Trinajstić information content (AvgIpc) is 4.00. The lowest BCUT2D eigenvalue weighted by molar-refractivity contribution is -0.146. The van der Waals surface area contributed by atoms with Gasteiger partial charge in [-0.1, -0.05) is 11.6 Å². The minimum Gasteiger partial charge on any atom is -0.491 e. The van der Waals surface area contributed by atoms with E-state index in [1.807, 2.05) is 12.3 Å². The van der Waals surface area contributed by atoms with E-state index in [0.717, 1.165) is 56.7 Å². The van der Waals surface area contributed by atoms with Crippen molar-refractivity contribution in [2.24, 2.45) is 11.8 Å². The van der Waals surface area contributed by atoms with E-state index in [1.165, 1.54) is 34.0 Å². The highest BCUT2D eigenvalue weighted by atomic mass is 35.5. The number of esters is 2. The van der Waals surface area contributed by atoms with Gasteiger partial charge in [-0.15, -0.1) is 0 Å². The summed E-state index contributed by atoms with van der Waals surface area (Å²) in [6.07, 6.45) is 10.3. The second-order valence-corrected chi connectivity index (χ2v) is 14.1. The summed E-state index contributed by atoms with van der Waals surface area (Å²) in [5, 5.41) is 18.5. The summed E-state index contributed by atoms with van der Waals surface area (Å²) in [5.74, 6) is 2.75. The molecule has 0 amide bonds. The lowest BCUT2D eigenvalue weighted by atomic mass is 9.98. The van der Waals surface area contributed by atoms with Crippen LogP contribution in [0.2, 0.25) is 5.02 Å². The molecule has 8 rings (SSSR count). The molecule has 2 aliphatic rings. The lowest BCUT2D eigenvalue weighted by Gasteiger charge is -2.33. The Morgan fingerprint density at radius 1 is 0.721 bits per heavy atom. The summed E-state index contributed by atoms with van der Waals surface area (Å²) in [6.45, 7) is 3.27. The highest BCUT2D eigenvalue weighted by Crippen LogP contribution is 2.32. The number of methoxy groups -OCH3 is 6. The molecular formula is C40H49ClN12O8. The van der Waals surface area contributed by atoms with Crippen LogP contribution in [0.25, 0.3) is 11.3 Å². The lowest BCUT2D eigenvalue weighted by Crippen LogP contribution is -2.39. The molecule has 3 N–H and O–H groups in total. The number of rotatable bonds is 11. The summed E-state index contributed by atoms with van der Waals surface area (Å²) < 4.78 is 33.7. The van der Waals surface area contributed by atoms with Gasteiger partial charge >= 0.3 is 11.9 Å². The molecular weight excluding hydrogens is 812 g/mol. The van der Waals surface area contributed by atoms with Gasteiger partial charge in [0.1, 0.15) is 24.3 Å². The van der Waals surface area contributed by atoms with Crippen molar-refractivity contribution in [3.05, 3.63) is 66.5 Å². The summed E-state index contributed by atoms with van der Waals surface area (Å²) in [5.41, 5.74) is 3.68. The summed E-state index contributed by atoms with van der Waals surface area (Å²) in [4.78, 5) is 42.4. The highest BCUT2D eigenvalue weighted by molar-refractivity contribution is 6.30. The first kappa shape index (κ1) is 43.9. The second-order valence-electron chi connectivity index (χ2n) is 13.7. The van der Waals surface area contributed by atoms with Crippen LogP contribution in [-0.4, -0.2) is 120 Å². The van der Waals surface area contributed by atoms with Crippen LogP contribution in [0.4, 0.5) is 28.7 Å². The summed E-state index contributed by atoms with van der Waals surface area (Å²) in [7, 11) is 9.07. The Balaban J connectivity index is 0.000000173. The Morgan fingerprint density at radius 2 is 1.28 bits per heavy atom. The highest BCUT2D eigenvalue weighted by Gasteiger charge is 2.27. The number of halogens is 1. The number of hydrogen-bond acceptors (Lipinski definition) is 18. The molecule has 6 aromatic rings. The fourth-order valence-electron chi connectivity index (χ4n) is 6.83. The molecule has 61 heavy (non-hydrogen) atoms. The molecule has 0 aromatic carbocycles. The van der Waals surface area contributed by atoms with Gasteiger partial charge in [0.15, 0.2) is 22.8 Å². The first-order chi connectivity index (χ1) is 29.7. The first-order valence-electron chi connectivity index (χ1n) is 19.3. The third-order valence-electron chi connectivity index (χ3n) is 9.86. The second kappa shape index (κ2) is 21.0. The van der Waals surface area contributed by atoms with Gasteiger partial charge in [-0.2, -0.15) is 20.2 Å². The van der Waals surface area contributed by atoms with Crippen LogP contribution in [0.5, 0.6) is 23.3 Å². The van der Waals surface area contributed by atoms with Gasteiger partial charge < -0.3 is 49.3 Å². The third kappa shape index (κ3) is 10.9. The van der Waals surface area contributed by atoms with E-state index in [9.17, 15) is 9.59 Å². The van der Waals surface area contributed by atoms with E-state index in [0.29, 0.717) is 63.4 Å². The largest absolute Gasteiger partial charge is 0.491 e. The van der Waals surface area contributed by atoms with Crippen molar-refractivity contribution in [1.29, 1.82) is 0 Å². The topological polar surface area (TPSA) is 215 Å². The van der Waals surface area contributed by atoms with Crippen molar-refractivity contribution in [2.75, 3.05) is 84.4 Å². The fraction of sp³-hybridized carbons (Fsp3) is 0.400. The van der Waals surface area contributed by atoms with Gasteiger partial charge in [0.05, 0.1) is 82.8 Å². The minimum atomic E-state index is -0.172. The van der Waals surface area contributed by atoms with Crippen molar-refractivity contribution in [3.8, 4) is 23.3 Å². The molecule has 6 aromatic heterocycles. The Labute approximate surface area is 356 Å². The number of carbonyl (C=O) groups excluding carboxylic acids is 2. The minimum absolute atomic E-state index is 0.0767. The molecule has 2 aliphatic heterocycles.